The van der Waals surface area contributed by atoms with Crippen molar-refractivity contribution in [3.63, 3.8) is 0 Å². The van der Waals surface area contributed by atoms with Crippen LogP contribution in [0.15, 0.2) is 0 Å². The fraction of sp³-hybridized carbons (Fsp3) is 1.00. The highest BCUT2D eigenvalue weighted by Crippen LogP contribution is 2.45. The summed E-state index contributed by atoms with van der Waals surface area (Å²) < 4.78 is 0. The molecule has 0 nitrogen and oxygen atoms in total. The monoisotopic (exact) mass is 150 g/mol. The predicted octanol–water partition coefficient (Wildman–Crippen LogP) is 2.78. The van der Waals surface area contributed by atoms with Crippen LogP contribution < -0.4 is 0 Å². The number of rotatable bonds is 1. The summed E-state index contributed by atoms with van der Waals surface area (Å²) in [6.07, 6.45) is 0. The van der Waals surface area contributed by atoms with E-state index < -0.39 is 0 Å². The molecule has 0 N–H and O–H groups in total. The summed E-state index contributed by atoms with van der Waals surface area (Å²) in [5.41, 5.74) is 1.05. The van der Waals surface area contributed by atoms with Gasteiger partial charge >= 0.3 is 0 Å². The quantitative estimate of drug-likeness (QED) is 0.431. The van der Waals surface area contributed by atoms with E-state index >= 15 is 0 Å². The van der Waals surface area contributed by atoms with Crippen LogP contribution >= 0.6 is 20.6 Å². The van der Waals surface area contributed by atoms with Crippen molar-refractivity contribution in [2.45, 2.75) is 25.9 Å². The van der Waals surface area contributed by atoms with Crippen LogP contribution in [0.3, 0.4) is 0 Å². The Labute approximate surface area is 59.2 Å². The van der Waals surface area contributed by atoms with Crippen molar-refractivity contribution in [1.29, 1.82) is 0 Å². The van der Waals surface area contributed by atoms with Crippen molar-refractivity contribution < 1.29 is 0 Å². The second-order valence-electron chi connectivity index (χ2n) is 3.01. The summed E-state index contributed by atoms with van der Waals surface area (Å²) in [6, 6.07) is 0. The van der Waals surface area contributed by atoms with E-state index in [0.29, 0.717) is 5.16 Å². The first-order valence-electron chi connectivity index (χ1n) is 2.80. The van der Waals surface area contributed by atoms with Crippen molar-refractivity contribution >= 4 is 20.6 Å². The van der Waals surface area contributed by atoms with Crippen molar-refractivity contribution in [3.8, 4) is 0 Å². The molecule has 0 aromatic carbocycles. The molecule has 0 bridgehead atoms. The fourth-order valence-corrected chi connectivity index (χ4v) is 1.91. The Kier molecular flexibility index (Phi) is 3.38. The molecule has 0 fully saturated rings. The van der Waals surface area contributed by atoms with E-state index in [1.807, 2.05) is 0 Å². The molecule has 2 heteroatoms. The van der Waals surface area contributed by atoms with Crippen LogP contribution in [-0.4, -0.2) is 17.3 Å². The predicted molar refractivity (Wildman–Crippen MR) is 46.5 cm³/mol. The SMILES string of the molecule is CP(CS)C(C)(C)C. The van der Waals surface area contributed by atoms with Gasteiger partial charge in [-0.05, 0) is 11.8 Å². The van der Waals surface area contributed by atoms with Gasteiger partial charge in [0.15, 0.2) is 0 Å². The van der Waals surface area contributed by atoms with Crippen LogP contribution in [0, 0.1) is 0 Å². The standard InChI is InChI=1S/C6H15PS/c1-6(2,3)7(4)5-8/h8H,5H2,1-4H3. The smallest absolute Gasteiger partial charge is 0.0108 e. The Morgan fingerprint density at radius 2 is 1.75 bits per heavy atom. The first-order valence-corrected chi connectivity index (χ1v) is 5.41. The molecule has 0 amide bonds. The molecule has 0 heterocycles. The third kappa shape index (κ3) is 2.94. The number of hydrogen-bond acceptors (Lipinski definition) is 1. The van der Waals surface area contributed by atoms with Gasteiger partial charge in [-0.15, -0.1) is 0 Å². The Bertz CT molecular complexity index is 65.4. The lowest BCUT2D eigenvalue weighted by molar-refractivity contribution is 0.788. The highest BCUT2D eigenvalue weighted by atomic mass is 32.1. The van der Waals surface area contributed by atoms with E-state index in [-0.39, 0.29) is 7.92 Å². The molecule has 0 rings (SSSR count). The van der Waals surface area contributed by atoms with Gasteiger partial charge in [0.25, 0.3) is 0 Å². The molecular weight excluding hydrogens is 135 g/mol. The Morgan fingerprint density at radius 3 is 1.75 bits per heavy atom. The first kappa shape index (κ1) is 8.78. The van der Waals surface area contributed by atoms with Gasteiger partial charge in [-0.3, -0.25) is 0 Å². The van der Waals surface area contributed by atoms with Gasteiger partial charge in [0.05, 0.1) is 0 Å². The van der Waals surface area contributed by atoms with E-state index in [1.54, 1.807) is 0 Å². The molecule has 0 aliphatic heterocycles. The topological polar surface area (TPSA) is 0 Å². The molecule has 0 spiro atoms. The molecule has 0 radical (unpaired) electrons. The molecule has 1 unspecified atom stereocenters. The molecule has 0 aromatic rings. The third-order valence-electron chi connectivity index (χ3n) is 1.36. The normalized spacial score (nSPS) is 16.1. The minimum Gasteiger partial charge on any atom is -0.175 e. The average Bonchev–Trinajstić information content (AvgIpc) is 1.62. The van der Waals surface area contributed by atoms with Gasteiger partial charge in [0.2, 0.25) is 0 Å². The maximum atomic E-state index is 4.24. The van der Waals surface area contributed by atoms with Crippen LogP contribution in [0.4, 0.5) is 0 Å². The lowest BCUT2D eigenvalue weighted by Crippen LogP contribution is -2.10. The van der Waals surface area contributed by atoms with E-state index in [0.717, 1.165) is 5.49 Å². The molecular formula is C6H15PS. The summed E-state index contributed by atoms with van der Waals surface area (Å²) in [5.74, 6) is 0. The lowest BCUT2D eigenvalue weighted by Gasteiger charge is -2.25. The zero-order valence-corrected chi connectivity index (χ0v) is 7.89. The van der Waals surface area contributed by atoms with Crippen LogP contribution in [-0.2, 0) is 0 Å². The highest BCUT2D eigenvalue weighted by molar-refractivity contribution is 7.89. The number of hydrogen-bond donors (Lipinski definition) is 1. The van der Waals surface area contributed by atoms with Gasteiger partial charge < -0.3 is 0 Å². The molecule has 50 valence electrons. The summed E-state index contributed by atoms with van der Waals surface area (Å²) in [5, 5.41) is 0.497. The van der Waals surface area contributed by atoms with Crippen molar-refractivity contribution in [2.24, 2.45) is 0 Å². The van der Waals surface area contributed by atoms with Gasteiger partial charge in [-0.1, -0.05) is 28.7 Å². The van der Waals surface area contributed by atoms with Gasteiger partial charge in [-0.2, -0.15) is 12.6 Å². The summed E-state index contributed by atoms with van der Waals surface area (Å²) >= 11 is 4.24. The first-order chi connectivity index (χ1) is 3.48. The Balaban J connectivity index is 3.62. The lowest BCUT2D eigenvalue weighted by atomic mass is 10.3. The van der Waals surface area contributed by atoms with Gasteiger partial charge in [0.1, 0.15) is 0 Å². The van der Waals surface area contributed by atoms with E-state index in [4.69, 9.17) is 0 Å². The maximum absolute atomic E-state index is 4.24. The zero-order valence-electron chi connectivity index (χ0n) is 6.10. The molecule has 1 atom stereocenters. The summed E-state index contributed by atoms with van der Waals surface area (Å²) in [6.45, 7) is 9.11. The van der Waals surface area contributed by atoms with E-state index in [1.165, 1.54) is 0 Å². The molecule has 0 saturated carbocycles. The molecule has 0 saturated heterocycles. The third-order valence-corrected chi connectivity index (χ3v) is 5.34. The van der Waals surface area contributed by atoms with Crippen LogP contribution in [0.1, 0.15) is 20.8 Å². The Morgan fingerprint density at radius 1 is 1.38 bits per heavy atom. The second-order valence-corrected chi connectivity index (χ2v) is 6.88. The molecule has 0 aliphatic rings. The maximum Gasteiger partial charge on any atom is 0.0108 e. The van der Waals surface area contributed by atoms with Crippen LogP contribution in [0.5, 0.6) is 0 Å². The molecule has 0 aromatic heterocycles. The molecule has 0 aliphatic carbocycles. The van der Waals surface area contributed by atoms with E-state index in [9.17, 15) is 0 Å². The van der Waals surface area contributed by atoms with Crippen molar-refractivity contribution in [3.05, 3.63) is 0 Å². The Hall–Kier alpha value is 0.780. The average molecular weight is 150 g/mol. The zero-order chi connectivity index (χ0) is 6.78. The van der Waals surface area contributed by atoms with Crippen molar-refractivity contribution in [2.75, 3.05) is 12.2 Å². The number of thiol groups is 1. The second kappa shape index (κ2) is 3.08. The summed E-state index contributed by atoms with van der Waals surface area (Å²) in [4.78, 5) is 0. The van der Waals surface area contributed by atoms with Crippen molar-refractivity contribution in [1.82, 2.24) is 0 Å². The summed E-state index contributed by atoms with van der Waals surface area (Å²) in [7, 11) is 0.145. The van der Waals surface area contributed by atoms with E-state index in [2.05, 4.69) is 40.1 Å². The molecule has 8 heavy (non-hydrogen) atoms. The largest absolute Gasteiger partial charge is 0.175 e. The van der Waals surface area contributed by atoms with Gasteiger partial charge in [0, 0.05) is 5.49 Å². The fourth-order valence-electron chi connectivity index (χ4n) is 0.212. The van der Waals surface area contributed by atoms with Crippen LogP contribution in [0.2, 0.25) is 0 Å². The van der Waals surface area contributed by atoms with Gasteiger partial charge in [-0.25, -0.2) is 0 Å². The van der Waals surface area contributed by atoms with Crippen LogP contribution in [0.25, 0.3) is 0 Å². The minimum absolute atomic E-state index is 0.145. The minimum atomic E-state index is 0.145. The highest BCUT2D eigenvalue weighted by Gasteiger charge is 2.16.